The van der Waals surface area contributed by atoms with Gasteiger partial charge < -0.3 is 0 Å². The van der Waals surface area contributed by atoms with Crippen LogP contribution in [0.3, 0.4) is 0 Å². The topological polar surface area (TPSA) is 0 Å². The second kappa shape index (κ2) is 11.8. The largest absolute Gasteiger partial charge is 0.0622 e. The zero-order chi connectivity index (χ0) is 41.4. The molecule has 0 fully saturated rings. The van der Waals surface area contributed by atoms with Gasteiger partial charge >= 0.3 is 0 Å². The molecule has 0 nitrogen and oxygen atoms in total. The minimum absolute atomic E-state index is 1.26. The fraction of sp³-hybridized carbons (Fsp3) is 0. The highest BCUT2D eigenvalue weighted by molar-refractivity contribution is 6.50. The van der Waals surface area contributed by atoms with Gasteiger partial charge in [-0.15, -0.1) is 0 Å². The molecule has 0 amide bonds. The van der Waals surface area contributed by atoms with Crippen molar-refractivity contribution in [3.63, 3.8) is 0 Å². The Kier molecular flexibility index (Phi) is 6.13. The summed E-state index contributed by atoms with van der Waals surface area (Å²) in [6, 6.07) is 78.0. The molecule has 0 radical (unpaired) electrons. The lowest BCUT2D eigenvalue weighted by Gasteiger charge is -2.13. The quantitative estimate of drug-likeness (QED) is 0.167. The van der Waals surface area contributed by atoms with Crippen molar-refractivity contribution in [2.75, 3.05) is 0 Å². The van der Waals surface area contributed by atoms with Crippen molar-refractivity contribution in [1.82, 2.24) is 0 Å². The van der Waals surface area contributed by atoms with Crippen LogP contribution < -0.4 is 0 Å². The molecule has 16 aromatic carbocycles. The van der Waals surface area contributed by atoms with Crippen LogP contribution in [-0.4, -0.2) is 0 Å². The Labute approximate surface area is 367 Å². The third-order valence-corrected chi connectivity index (χ3v) is 15.2. The fourth-order valence-electron chi connectivity index (χ4n) is 12.9. The molecule has 0 bridgehead atoms. The van der Waals surface area contributed by atoms with E-state index in [0.29, 0.717) is 0 Å². The normalized spacial score (nSPS) is 12.7. The fourth-order valence-corrected chi connectivity index (χ4v) is 12.9. The summed E-state index contributed by atoms with van der Waals surface area (Å²) in [7, 11) is 0. The Bertz CT molecular complexity index is 4370. The Morgan fingerprint density at radius 1 is 0.141 bits per heavy atom. The number of benzene rings is 12. The molecule has 0 unspecified atom stereocenters. The predicted octanol–water partition coefficient (Wildman–Crippen LogP) is 18.3. The minimum atomic E-state index is 1.26. The molecule has 0 saturated heterocycles. The van der Waals surface area contributed by atoms with Crippen LogP contribution in [-0.2, 0) is 0 Å². The van der Waals surface area contributed by atoms with E-state index >= 15 is 0 Å². The van der Waals surface area contributed by atoms with E-state index in [1.165, 1.54) is 163 Å². The lowest BCUT2D eigenvalue weighted by Crippen LogP contribution is -1.85. The summed E-state index contributed by atoms with van der Waals surface area (Å²) in [5, 5.41) is 32.2. The lowest BCUT2D eigenvalue weighted by atomic mass is 9.90. The van der Waals surface area contributed by atoms with Gasteiger partial charge in [-0.3, -0.25) is 0 Å². The first-order valence-electron chi connectivity index (χ1n) is 22.5. The maximum absolute atomic E-state index is 2.45. The van der Waals surface area contributed by atoms with Crippen molar-refractivity contribution in [1.29, 1.82) is 0 Å². The molecule has 290 valence electrons. The molecular formula is C64H34. The van der Waals surface area contributed by atoms with Crippen LogP contribution in [0.5, 0.6) is 0 Å². The van der Waals surface area contributed by atoms with Crippen molar-refractivity contribution in [3.8, 4) is 33.4 Å². The van der Waals surface area contributed by atoms with Crippen LogP contribution in [0.25, 0.3) is 163 Å². The van der Waals surface area contributed by atoms with Gasteiger partial charge in [0, 0.05) is 0 Å². The molecule has 0 spiro atoms. The highest BCUT2D eigenvalue weighted by Gasteiger charge is 2.28. The lowest BCUT2D eigenvalue weighted by molar-refractivity contribution is 1.69. The van der Waals surface area contributed by atoms with Gasteiger partial charge in [-0.2, -0.15) is 0 Å². The van der Waals surface area contributed by atoms with E-state index in [0.717, 1.165) is 0 Å². The molecule has 0 heterocycles. The average molecular weight is 803 g/mol. The third kappa shape index (κ3) is 3.89. The van der Waals surface area contributed by atoms with Crippen LogP contribution in [0.1, 0.15) is 0 Å². The minimum Gasteiger partial charge on any atom is -0.0622 e. The molecule has 0 saturated carbocycles. The van der Waals surface area contributed by atoms with Crippen molar-refractivity contribution in [2.24, 2.45) is 0 Å². The second-order valence-electron chi connectivity index (χ2n) is 18.1. The molecule has 16 aromatic rings. The Balaban J connectivity index is 1.07. The van der Waals surface area contributed by atoms with Gasteiger partial charge in [0.25, 0.3) is 0 Å². The van der Waals surface area contributed by atoms with Gasteiger partial charge in [-0.05, 0) is 163 Å². The summed E-state index contributed by atoms with van der Waals surface area (Å²) >= 11 is 0. The van der Waals surface area contributed by atoms with Crippen LogP contribution in [0.15, 0.2) is 206 Å². The third-order valence-electron chi connectivity index (χ3n) is 15.2. The van der Waals surface area contributed by atoms with E-state index in [1.807, 2.05) is 0 Å². The first kappa shape index (κ1) is 33.3. The van der Waals surface area contributed by atoms with Gasteiger partial charge in [0.2, 0.25) is 0 Å². The Morgan fingerprint density at radius 3 is 0.906 bits per heavy atom. The van der Waals surface area contributed by atoms with Crippen molar-refractivity contribution < 1.29 is 0 Å². The Hall–Kier alpha value is -8.32. The first-order chi connectivity index (χ1) is 31.8. The smallest absolute Gasteiger partial charge is 0.000696 e. The van der Waals surface area contributed by atoms with Crippen LogP contribution in [0.4, 0.5) is 0 Å². The highest BCUT2D eigenvalue weighted by Crippen LogP contribution is 2.56. The van der Waals surface area contributed by atoms with E-state index < -0.39 is 0 Å². The van der Waals surface area contributed by atoms with Gasteiger partial charge in [0.05, 0.1) is 0 Å². The van der Waals surface area contributed by atoms with Gasteiger partial charge in [-0.1, -0.05) is 206 Å². The molecule has 0 aliphatic heterocycles. The predicted molar refractivity (Wildman–Crippen MR) is 278 cm³/mol. The molecule has 64 heavy (non-hydrogen) atoms. The van der Waals surface area contributed by atoms with Crippen LogP contribution in [0, 0.1) is 0 Å². The van der Waals surface area contributed by atoms with E-state index in [9.17, 15) is 0 Å². The van der Waals surface area contributed by atoms with Crippen LogP contribution in [0.2, 0.25) is 0 Å². The summed E-state index contributed by atoms with van der Waals surface area (Å²) in [5.74, 6) is 0. The number of rotatable bonds is 3. The molecule has 0 N–H and O–H groups in total. The van der Waals surface area contributed by atoms with E-state index in [1.54, 1.807) is 0 Å². The number of hydrogen-bond donors (Lipinski definition) is 0. The molecule has 0 atom stereocenters. The molecule has 0 aliphatic rings. The maximum Gasteiger partial charge on any atom is -0.000696 e. The maximum atomic E-state index is 2.45. The van der Waals surface area contributed by atoms with Crippen molar-refractivity contribution in [2.45, 2.75) is 0 Å². The Morgan fingerprint density at radius 2 is 0.438 bits per heavy atom. The highest BCUT2D eigenvalue weighted by atomic mass is 14.3. The second-order valence-corrected chi connectivity index (χ2v) is 18.1. The van der Waals surface area contributed by atoms with E-state index in [4.69, 9.17) is 0 Å². The summed E-state index contributed by atoms with van der Waals surface area (Å²) in [6.45, 7) is 0. The SMILES string of the molecule is c1ccc(-c2c3cccc4c5ccccc5c(c34)c3c4cccc5c(-c6ccc7c8c6cccc8c6c(-c8ccccc8)c8cccc9c%10ccccc%10c(c89)c76)ccc(c23)c54)cc1. The van der Waals surface area contributed by atoms with E-state index in [-0.39, 0.29) is 0 Å². The average Bonchev–Trinajstić information content (AvgIpc) is 4.09. The van der Waals surface area contributed by atoms with E-state index in [2.05, 4.69) is 206 Å². The molecule has 0 aromatic heterocycles. The summed E-state index contributed by atoms with van der Waals surface area (Å²) in [5.41, 5.74) is 7.74. The zero-order valence-electron chi connectivity index (χ0n) is 34.6. The molecular weight excluding hydrogens is 769 g/mol. The molecule has 0 aliphatic carbocycles. The number of hydrogen-bond acceptors (Lipinski definition) is 0. The van der Waals surface area contributed by atoms with Crippen molar-refractivity contribution in [3.05, 3.63) is 206 Å². The standard InChI is InChI=1S/C64H34/c1-3-15-35(16-4-1)53-47-27-13-26-44-38-20-8-10-22-46(38)60(58(44)47)64-52-34-32-40(41-23-11-29-49(55(41)52)61(53)64)39-31-33-51-56-42(39)24-12-30-50(56)63-59-45-21-9-7-19-37(45)43-25-14-28-48(57(43)59)54(62(51)63)36-17-5-2-6-18-36/h1-34H. The summed E-state index contributed by atoms with van der Waals surface area (Å²) in [4.78, 5) is 0. The zero-order valence-corrected chi connectivity index (χ0v) is 34.6. The summed E-state index contributed by atoms with van der Waals surface area (Å²) in [6.07, 6.45) is 0. The first-order valence-corrected chi connectivity index (χ1v) is 22.5. The molecule has 16 rings (SSSR count). The van der Waals surface area contributed by atoms with Gasteiger partial charge in [0.15, 0.2) is 0 Å². The van der Waals surface area contributed by atoms with Gasteiger partial charge in [0.1, 0.15) is 0 Å². The molecule has 0 heteroatoms. The van der Waals surface area contributed by atoms with Crippen LogP contribution >= 0.6 is 0 Å². The summed E-state index contributed by atoms with van der Waals surface area (Å²) < 4.78 is 0. The van der Waals surface area contributed by atoms with Crippen molar-refractivity contribution >= 4 is 129 Å². The number of fused-ring (bicyclic) bond motifs is 14. The van der Waals surface area contributed by atoms with Gasteiger partial charge in [-0.25, -0.2) is 0 Å². The monoisotopic (exact) mass is 802 g/mol.